The number of carbonyl (C=O) groups excluding carboxylic acids is 4. The van der Waals surface area contributed by atoms with Crippen LogP contribution in [-0.4, -0.2) is 96.7 Å². The molecule has 0 aliphatic carbocycles. The molecule has 0 rings (SSSR count). The van der Waals surface area contributed by atoms with Gasteiger partial charge in [-0.3, -0.25) is 37.3 Å². The molecule has 19 heteroatoms. The van der Waals surface area contributed by atoms with Gasteiger partial charge < -0.3 is 33.8 Å². The SMILES string of the molecule is CC/C=C\C/C=C\C/C=C\C/C=C\C/C=C\CC(=O)OCC(COP(=O)(O)OCC(O)COP(=O)(O)OCC(COC(=O)CCCCCC/C=C\C/C=C\C/C=C\C/C=C\CC)OC(=O)C/C=C\C/C=C\C/C=C\C/C=C\C/C=C\CC)OC(=O)CCCCCCC/C=C\CCCCCC. The zero-order chi connectivity index (χ0) is 73.2. The molecule has 564 valence electrons. The third-order valence-electron chi connectivity index (χ3n) is 14.4. The molecule has 0 spiro atoms. The Morgan fingerprint density at radius 3 is 0.940 bits per heavy atom. The van der Waals surface area contributed by atoms with E-state index in [1.54, 1.807) is 18.2 Å². The summed E-state index contributed by atoms with van der Waals surface area (Å²) in [5.41, 5.74) is 0. The van der Waals surface area contributed by atoms with Crippen LogP contribution in [0.2, 0.25) is 0 Å². The molecule has 0 saturated heterocycles. The van der Waals surface area contributed by atoms with Gasteiger partial charge in [0.2, 0.25) is 0 Å². The predicted molar refractivity (Wildman–Crippen MR) is 408 cm³/mol. The van der Waals surface area contributed by atoms with Crippen LogP contribution in [0.5, 0.6) is 0 Å². The largest absolute Gasteiger partial charge is 0.472 e. The minimum atomic E-state index is -5.02. The highest BCUT2D eigenvalue weighted by Gasteiger charge is 2.30. The number of hydrogen-bond acceptors (Lipinski definition) is 15. The van der Waals surface area contributed by atoms with Gasteiger partial charge in [-0.25, -0.2) is 9.13 Å². The van der Waals surface area contributed by atoms with E-state index in [4.69, 9.17) is 37.0 Å². The summed E-state index contributed by atoms with van der Waals surface area (Å²) in [6, 6.07) is 0. The molecule has 0 aromatic carbocycles. The van der Waals surface area contributed by atoms with Gasteiger partial charge in [0, 0.05) is 12.8 Å². The lowest BCUT2D eigenvalue weighted by molar-refractivity contribution is -0.160. The van der Waals surface area contributed by atoms with Crippen molar-refractivity contribution in [3.8, 4) is 0 Å². The van der Waals surface area contributed by atoms with Crippen LogP contribution < -0.4 is 0 Å². The van der Waals surface area contributed by atoms with E-state index in [-0.39, 0.29) is 25.7 Å². The molecular weight excluding hydrogens is 1310 g/mol. The van der Waals surface area contributed by atoms with Crippen molar-refractivity contribution in [1.82, 2.24) is 0 Å². The second kappa shape index (κ2) is 71.6. The standard InChI is InChI=1S/C81H128O17P2/c1-5-9-13-17-21-25-29-33-36-37-40-43-46-50-54-58-62-66-79(84)92-72-77(98-81(86)68-64-60-56-52-48-44-39-35-31-27-23-19-15-11-7-3)74-96-100(89,90)94-70-75(82)69-93-99(87,88)95-73-76(97-80(85)67-63-59-55-51-47-41-32-28-24-20-16-12-8-4)71-91-78(83)65-61-57-53-49-45-42-38-34-30-26-22-18-14-10-6-2/h9-11,13-15,21-23,25-28,32-36,38-40,43,45,48-49,52,57,60-61,64,75-77,82H,5-8,12,16-20,24,29-31,37,41-42,44,46-47,50-51,53-56,58-59,62-63,65-74H2,1-4H3,(H,87,88)(H,89,90)/b13-9-,14-10-,15-11-,25-21-,26-22-,27-23-,32-28-,36-33-,38-34-,39-35-,43-40-,49-45-,52-48-,61-57-,64-60-. The van der Waals surface area contributed by atoms with E-state index in [1.165, 1.54) is 25.7 Å². The van der Waals surface area contributed by atoms with Gasteiger partial charge in [-0.2, -0.15) is 0 Å². The highest BCUT2D eigenvalue weighted by atomic mass is 31.2. The average molecular weight is 1440 g/mol. The number of ether oxygens (including phenoxy) is 4. The summed E-state index contributed by atoms with van der Waals surface area (Å²) in [5.74, 6) is -2.53. The van der Waals surface area contributed by atoms with Gasteiger partial charge in [0.25, 0.3) is 0 Å². The van der Waals surface area contributed by atoms with Crippen LogP contribution in [-0.2, 0) is 65.4 Å². The Labute approximate surface area is 603 Å². The molecule has 3 N–H and O–H groups in total. The Hall–Kier alpha value is -5.84. The summed E-state index contributed by atoms with van der Waals surface area (Å²) in [7, 11) is -10.0. The van der Waals surface area contributed by atoms with Gasteiger partial charge in [0.05, 0.1) is 39.3 Å². The fraction of sp³-hybridized carbons (Fsp3) is 0.580. The van der Waals surface area contributed by atoms with Crippen molar-refractivity contribution in [1.29, 1.82) is 0 Å². The smallest absolute Gasteiger partial charge is 0.462 e. The van der Waals surface area contributed by atoms with E-state index in [2.05, 4.69) is 161 Å². The molecule has 0 bridgehead atoms. The van der Waals surface area contributed by atoms with Gasteiger partial charge in [0.1, 0.15) is 19.3 Å². The van der Waals surface area contributed by atoms with Crippen LogP contribution in [0, 0.1) is 0 Å². The van der Waals surface area contributed by atoms with Crippen LogP contribution in [0.3, 0.4) is 0 Å². The number of phosphoric acid groups is 2. The molecule has 0 fully saturated rings. The molecule has 0 amide bonds. The molecule has 0 aliphatic heterocycles. The minimum Gasteiger partial charge on any atom is -0.462 e. The Morgan fingerprint density at radius 1 is 0.300 bits per heavy atom. The van der Waals surface area contributed by atoms with E-state index in [0.717, 1.165) is 141 Å². The minimum absolute atomic E-state index is 0.0560. The normalized spacial score (nSPS) is 15.0. The van der Waals surface area contributed by atoms with E-state index >= 15 is 0 Å². The molecule has 5 unspecified atom stereocenters. The number of rotatable bonds is 67. The Bertz CT molecular complexity index is 2620. The molecule has 0 radical (unpaired) electrons. The number of esters is 4. The van der Waals surface area contributed by atoms with Crippen molar-refractivity contribution in [3.05, 3.63) is 182 Å². The summed E-state index contributed by atoms with van der Waals surface area (Å²) in [4.78, 5) is 72.7. The Morgan fingerprint density at radius 2 is 0.570 bits per heavy atom. The second-order valence-electron chi connectivity index (χ2n) is 23.8. The number of aliphatic hydroxyl groups is 1. The first kappa shape index (κ1) is 94.2. The van der Waals surface area contributed by atoms with Gasteiger partial charge >= 0.3 is 39.5 Å². The fourth-order valence-electron chi connectivity index (χ4n) is 8.88. The van der Waals surface area contributed by atoms with Gasteiger partial charge in [-0.1, -0.05) is 261 Å². The van der Waals surface area contributed by atoms with Gasteiger partial charge in [-0.05, 0) is 141 Å². The molecule has 17 nitrogen and oxygen atoms in total. The van der Waals surface area contributed by atoms with Crippen LogP contribution in [0.25, 0.3) is 0 Å². The number of allylic oxidation sites excluding steroid dienone is 28. The number of unbranched alkanes of at least 4 members (excludes halogenated alkanes) is 13. The number of aliphatic hydroxyl groups excluding tert-OH is 1. The van der Waals surface area contributed by atoms with Crippen molar-refractivity contribution < 1.29 is 80.2 Å². The summed E-state index contributed by atoms with van der Waals surface area (Å²) >= 11 is 0. The highest BCUT2D eigenvalue weighted by molar-refractivity contribution is 7.47. The number of phosphoric ester groups is 2. The first-order chi connectivity index (χ1) is 48.7. The van der Waals surface area contributed by atoms with Crippen molar-refractivity contribution in [2.24, 2.45) is 0 Å². The van der Waals surface area contributed by atoms with Gasteiger partial charge in [-0.15, -0.1) is 0 Å². The van der Waals surface area contributed by atoms with Crippen LogP contribution in [0.1, 0.15) is 246 Å². The number of hydrogen-bond donors (Lipinski definition) is 3. The molecule has 0 aromatic heterocycles. The maximum atomic E-state index is 13.1. The molecule has 0 heterocycles. The van der Waals surface area contributed by atoms with E-state index < -0.39 is 97.5 Å². The summed E-state index contributed by atoms with van der Waals surface area (Å²) in [5, 5.41) is 10.6. The molecule has 0 aliphatic rings. The van der Waals surface area contributed by atoms with E-state index in [1.807, 2.05) is 30.4 Å². The second-order valence-corrected chi connectivity index (χ2v) is 26.7. The average Bonchev–Trinajstić information content (AvgIpc) is 0.937. The predicted octanol–water partition coefficient (Wildman–Crippen LogP) is 21.2. The van der Waals surface area contributed by atoms with Crippen molar-refractivity contribution in [2.45, 2.75) is 264 Å². The lowest BCUT2D eigenvalue weighted by atomic mass is 10.1. The first-order valence-corrected chi connectivity index (χ1v) is 40.0. The highest BCUT2D eigenvalue weighted by Crippen LogP contribution is 2.45. The monoisotopic (exact) mass is 1430 g/mol. The summed E-state index contributed by atoms with van der Waals surface area (Å²) in [6.45, 7) is 4.20. The fourth-order valence-corrected chi connectivity index (χ4v) is 10.5. The van der Waals surface area contributed by atoms with Crippen LogP contribution >= 0.6 is 15.6 Å². The van der Waals surface area contributed by atoms with E-state index in [0.29, 0.717) is 25.7 Å². The molecule has 0 aromatic rings. The van der Waals surface area contributed by atoms with Crippen molar-refractivity contribution >= 4 is 39.5 Å². The summed E-state index contributed by atoms with van der Waals surface area (Å²) in [6.07, 6.45) is 85.3. The lowest BCUT2D eigenvalue weighted by Crippen LogP contribution is -2.30. The lowest BCUT2D eigenvalue weighted by Gasteiger charge is -2.21. The molecule has 100 heavy (non-hydrogen) atoms. The summed E-state index contributed by atoms with van der Waals surface area (Å²) < 4.78 is 68.1. The molecule has 0 saturated carbocycles. The third kappa shape index (κ3) is 70.6. The van der Waals surface area contributed by atoms with Crippen LogP contribution in [0.4, 0.5) is 0 Å². The Kier molecular flexibility index (Phi) is 67.4. The van der Waals surface area contributed by atoms with Crippen molar-refractivity contribution in [3.63, 3.8) is 0 Å². The molecular formula is C81H128O17P2. The van der Waals surface area contributed by atoms with Crippen LogP contribution in [0.15, 0.2) is 182 Å². The zero-order valence-electron chi connectivity index (χ0n) is 61.3. The first-order valence-electron chi connectivity index (χ1n) is 37.0. The quantitative estimate of drug-likeness (QED) is 0.0169. The third-order valence-corrected chi connectivity index (χ3v) is 16.3. The van der Waals surface area contributed by atoms with Crippen molar-refractivity contribution in [2.75, 3.05) is 39.6 Å². The Balaban J connectivity index is 5.53. The van der Waals surface area contributed by atoms with E-state index in [9.17, 15) is 43.2 Å². The topological polar surface area (TPSA) is 237 Å². The molecule has 5 atom stereocenters. The number of carbonyl (C=O) groups is 4. The van der Waals surface area contributed by atoms with Gasteiger partial charge in [0.15, 0.2) is 12.2 Å². The maximum Gasteiger partial charge on any atom is 0.472 e. The maximum absolute atomic E-state index is 13.1. The zero-order valence-corrected chi connectivity index (χ0v) is 63.1.